The van der Waals surface area contributed by atoms with E-state index in [9.17, 15) is 9.18 Å². The van der Waals surface area contributed by atoms with Gasteiger partial charge in [-0.3, -0.25) is 9.79 Å². The number of aliphatic imine (C=N–C) groups is 1. The number of hydrogen-bond acceptors (Lipinski definition) is 3. The minimum absolute atomic E-state index is 0.128. The third-order valence-corrected chi connectivity index (χ3v) is 5.48. The van der Waals surface area contributed by atoms with Crippen LogP contribution in [0, 0.1) is 6.92 Å². The predicted octanol–water partition coefficient (Wildman–Crippen LogP) is 4.92. The summed E-state index contributed by atoms with van der Waals surface area (Å²) in [6.45, 7) is 3.13. The van der Waals surface area contributed by atoms with E-state index < -0.39 is 5.97 Å². The largest absolute Gasteiger partial charge is 0.344 e. The van der Waals surface area contributed by atoms with Gasteiger partial charge >= 0.3 is 0 Å². The number of amides is 1. The van der Waals surface area contributed by atoms with Gasteiger partial charge in [-0.2, -0.15) is 4.39 Å². The van der Waals surface area contributed by atoms with E-state index in [4.69, 9.17) is 0 Å². The van der Waals surface area contributed by atoms with Crippen molar-refractivity contribution in [3.05, 3.63) is 94.5 Å². The Morgan fingerprint density at radius 2 is 1.84 bits per heavy atom. The van der Waals surface area contributed by atoms with Gasteiger partial charge in [-0.05, 0) is 61.5 Å². The molecule has 3 aromatic rings. The van der Waals surface area contributed by atoms with Gasteiger partial charge < -0.3 is 10.2 Å². The average molecular weight is 416 g/mol. The van der Waals surface area contributed by atoms with E-state index >= 15 is 0 Å². The number of rotatable bonds is 6. The van der Waals surface area contributed by atoms with Gasteiger partial charge in [0.15, 0.2) is 0 Å². The highest BCUT2D eigenvalue weighted by atomic mass is 19.1. The van der Waals surface area contributed by atoms with Gasteiger partial charge in [0.25, 0.3) is 5.91 Å². The lowest BCUT2D eigenvalue weighted by atomic mass is 9.98. The van der Waals surface area contributed by atoms with Gasteiger partial charge in [-0.15, -0.1) is 0 Å². The zero-order chi connectivity index (χ0) is 22.0. The smallest absolute Gasteiger partial charge is 0.251 e. The van der Waals surface area contributed by atoms with Crippen molar-refractivity contribution >= 4 is 11.9 Å². The normalized spacial score (nSPS) is 13.6. The van der Waals surface area contributed by atoms with Crippen LogP contribution in [0.2, 0.25) is 0 Å². The molecule has 0 spiro atoms. The highest BCUT2D eigenvalue weighted by molar-refractivity contribution is 5.99. The molecule has 1 atom stereocenters. The number of aryl methyl sites for hydroxylation is 1. The van der Waals surface area contributed by atoms with Gasteiger partial charge in [0, 0.05) is 17.7 Å². The first kappa shape index (κ1) is 20.9. The summed E-state index contributed by atoms with van der Waals surface area (Å²) in [5.41, 5.74) is 5.97. The monoisotopic (exact) mass is 415 g/mol. The molecule has 0 aliphatic carbocycles. The van der Waals surface area contributed by atoms with Crippen LogP contribution >= 0.6 is 0 Å². The van der Waals surface area contributed by atoms with E-state index in [1.807, 2.05) is 69.6 Å². The molecule has 3 aromatic carbocycles. The maximum atomic E-state index is 13.9. The SMILES string of the molecule is Cc1cccc([C@@H](CN(C)C)NC(=O)c2cccc(-c3ccc4c(c3)C(F)=NC4)c2)c1. The standard InChI is InChI=1S/C26H26FN3O/c1-17-6-4-8-20(12-17)24(16-30(2)3)29-26(31)21-9-5-7-18(13-21)19-10-11-22-15-28-25(27)23(22)14-19/h4-14,24H,15-16H2,1-3H3,(H,29,31)/t24-/m1/s1. The molecule has 5 heteroatoms. The van der Waals surface area contributed by atoms with Crippen molar-refractivity contribution in [1.82, 2.24) is 10.2 Å². The molecule has 0 aromatic heterocycles. The lowest BCUT2D eigenvalue weighted by molar-refractivity contribution is 0.0930. The number of hydrogen-bond donors (Lipinski definition) is 1. The molecule has 4 rings (SSSR count). The second-order valence-electron chi connectivity index (χ2n) is 8.26. The number of carbonyl (C=O) groups excluding carboxylic acids is 1. The van der Waals surface area contributed by atoms with Crippen molar-refractivity contribution in [1.29, 1.82) is 0 Å². The van der Waals surface area contributed by atoms with E-state index in [1.165, 1.54) is 0 Å². The minimum atomic E-state index is -0.421. The molecule has 0 saturated heterocycles. The lowest BCUT2D eigenvalue weighted by Gasteiger charge is -2.23. The molecule has 31 heavy (non-hydrogen) atoms. The fourth-order valence-electron chi connectivity index (χ4n) is 3.89. The van der Waals surface area contributed by atoms with Crippen LogP contribution in [0.3, 0.4) is 0 Å². The number of fused-ring (bicyclic) bond motifs is 1. The molecular formula is C26H26FN3O. The summed E-state index contributed by atoms with van der Waals surface area (Å²) >= 11 is 0. The van der Waals surface area contributed by atoms with Gasteiger partial charge in [0.2, 0.25) is 5.97 Å². The summed E-state index contributed by atoms with van der Waals surface area (Å²) in [6, 6.07) is 21.2. The van der Waals surface area contributed by atoms with Crippen LogP contribution in [-0.2, 0) is 6.54 Å². The van der Waals surface area contributed by atoms with Crippen LogP contribution in [-0.4, -0.2) is 37.4 Å². The van der Waals surface area contributed by atoms with Crippen molar-refractivity contribution < 1.29 is 9.18 Å². The zero-order valence-corrected chi connectivity index (χ0v) is 18.0. The first-order valence-electron chi connectivity index (χ1n) is 10.4. The number of halogens is 1. The van der Waals surface area contributed by atoms with Gasteiger partial charge in [-0.1, -0.05) is 54.1 Å². The molecule has 0 saturated carbocycles. The van der Waals surface area contributed by atoms with E-state index in [0.29, 0.717) is 24.2 Å². The molecule has 1 heterocycles. The second kappa shape index (κ2) is 8.82. The van der Waals surface area contributed by atoms with Crippen LogP contribution in [0.25, 0.3) is 11.1 Å². The number of nitrogens with zero attached hydrogens (tertiary/aromatic N) is 2. The Kier molecular flexibility index (Phi) is 5.96. The summed E-state index contributed by atoms with van der Waals surface area (Å²) in [7, 11) is 3.98. The van der Waals surface area contributed by atoms with Crippen molar-refractivity contribution in [2.75, 3.05) is 20.6 Å². The van der Waals surface area contributed by atoms with Crippen LogP contribution < -0.4 is 5.32 Å². The summed E-state index contributed by atoms with van der Waals surface area (Å²) < 4.78 is 13.9. The third kappa shape index (κ3) is 4.72. The molecule has 0 fully saturated rings. The van der Waals surface area contributed by atoms with Crippen molar-refractivity contribution in [2.24, 2.45) is 4.99 Å². The molecule has 0 unspecified atom stereocenters. The number of carbonyl (C=O) groups is 1. The predicted molar refractivity (Wildman–Crippen MR) is 123 cm³/mol. The molecule has 1 amide bonds. The van der Waals surface area contributed by atoms with Crippen molar-refractivity contribution in [2.45, 2.75) is 19.5 Å². The highest BCUT2D eigenvalue weighted by Crippen LogP contribution is 2.28. The lowest BCUT2D eigenvalue weighted by Crippen LogP contribution is -2.35. The fourth-order valence-corrected chi connectivity index (χ4v) is 3.89. The Hall–Kier alpha value is -3.31. The van der Waals surface area contributed by atoms with E-state index in [1.54, 1.807) is 12.1 Å². The first-order chi connectivity index (χ1) is 14.9. The van der Waals surface area contributed by atoms with Gasteiger partial charge in [0.1, 0.15) is 0 Å². The Morgan fingerprint density at radius 3 is 2.61 bits per heavy atom. The molecule has 0 radical (unpaired) electrons. The molecule has 158 valence electrons. The summed E-state index contributed by atoms with van der Waals surface area (Å²) in [6.07, 6.45) is 0. The average Bonchev–Trinajstić information content (AvgIpc) is 3.13. The topological polar surface area (TPSA) is 44.7 Å². The van der Waals surface area contributed by atoms with Crippen molar-refractivity contribution in [3.8, 4) is 11.1 Å². The quantitative estimate of drug-likeness (QED) is 0.621. The van der Waals surface area contributed by atoms with Crippen LogP contribution in [0.4, 0.5) is 4.39 Å². The molecular weight excluding hydrogens is 389 g/mol. The molecule has 1 N–H and O–H groups in total. The summed E-state index contributed by atoms with van der Waals surface area (Å²) in [4.78, 5) is 19.0. The van der Waals surface area contributed by atoms with E-state index in [2.05, 4.69) is 21.3 Å². The first-order valence-corrected chi connectivity index (χ1v) is 10.4. The maximum absolute atomic E-state index is 13.9. The van der Waals surface area contributed by atoms with Crippen LogP contribution in [0.1, 0.15) is 38.7 Å². The summed E-state index contributed by atoms with van der Waals surface area (Å²) in [5.74, 6) is -0.556. The van der Waals surface area contributed by atoms with E-state index in [-0.39, 0.29) is 11.9 Å². The third-order valence-electron chi connectivity index (χ3n) is 5.48. The second-order valence-corrected chi connectivity index (χ2v) is 8.26. The minimum Gasteiger partial charge on any atom is -0.344 e. The van der Waals surface area contributed by atoms with Gasteiger partial charge in [0.05, 0.1) is 12.6 Å². The molecule has 1 aliphatic rings. The fraction of sp³-hybridized carbons (Fsp3) is 0.231. The number of benzene rings is 3. The Labute approximate surface area is 182 Å². The Morgan fingerprint density at radius 1 is 1.06 bits per heavy atom. The zero-order valence-electron chi connectivity index (χ0n) is 18.0. The summed E-state index contributed by atoms with van der Waals surface area (Å²) in [5, 5.41) is 3.18. The Balaban J connectivity index is 1.59. The van der Waals surface area contributed by atoms with E-state index in [0.717, 1.165) is 27.8 Å². The Bertz CT molecular complexity index is 1150. The highest BCUT2D eigenvalue weighted by Gasteiger charge is 2.19. The number of nitrogens with one attached hydrogen (secondary N) is 1. The van der Waals surface area contributed by atoms with Gasteiger partial charge in [-0.25, -0.2) is 0 Å². The molecule has 1 aliphatic heterocycles. The molecule has 0 bridgehead atoms. The van der Waals surface area contributed by atoms with Crippen molar-refractivity contribution in [3.63, 3.8) is 0 Å². The van der Waals surface area contributed by atoms with Crippen LogP contribution in [0.5, 0.6) is 0 Å². The number of likely N-dealkylation sites (N-methyl/N-ethyl adjacent to an activating group) is 1. The molecule has 4 nitrogen and oxygen atoms in total. The maximum Gasteiger partial charge on any atom is 0.251 e. The van der Waals surface area contributed by atoms with Crippen LogP contribution in [0.15, 0.2) is 71.7 Å².